The second kappa shape index (κ2) is 4.81. The van der Waals surface area contributed by atoms with Gasteiger partial charge in [-0.2, -0.15) is 0 Å². The van der Waals surface area contributed by atoms with Crippen molar-refractivity contribution < 1.29 is 9.15 Å². The summed E-state index contributed by atoms with van der Waals surface area (Å²) < 4.78 is 11.5. The molecule has 0 aliphatic heterocycles. The van der Waals surface area contributed by atoms with Gasteiger partial charge in [0.25, 0.3) is 0 Å². The molecule has 0 N–H and O–H groups in total. The lowest BCUT2D eigenvalue weighted by Gasteiger charge is -2.03. The van der Waals surface area contributed by atoms with E-state index in [1.54, 1.807) is 0 Å². The molecular weight excluding hydrogens is 236 g/mol. The first-order chi connectivity index (χ1) is 9.22. The predicted molar refractivity (Wildman–Crippen MR) is 76.5 cm³/mol. The molecular formula is C17H16O2. The zero-order valence-electron chi connectivity index (χ0n) is 11.1. The van der Waals surface area contributed by atoms with Crippen molar-refractivity contribution >= 4 is 11.0 Å². The Labute approximate surface area is 112 Å². The largest absolute Gasteiger partial charge is 0.486 e. The quantitative estimate of drug-likeness (QED) is 0.678. The molecule has 0 spiro atoms. The van der Waals surface area contributed by atoms with Crippen LogP contribution in [0, 0.1) is 13.8 Å². The van der Waals surface area contributed by atoms with Crippen molar-refractivity contribution in [3.8, 4) is 5.75 Å². The van der Waals surface area contributed by atoms with E-state index >= 15 is 0 Å². The number of hydrogen-bond acceptors (Lipinski definition) is 2. The Morgan fingerprint density at radius 2 is 1.79 bits per heavy atom. The number of rotatable bonds is 3. The van der Waals surface area contributed by atoms with Crippen molar-refractivity contribution in [3.63, 3.8) is 0 Å². The van der Waals surface area contributed by atoms with Crippen molar-refractivity contribution in [2.24, 2.45) is 0 Å². The smallest absolute Gasteiger partial charge is 0.146 e. The van der Waals surface area contributed by atoms with Gasteiger partial charge in [0.1, 0.15) is 23.7 Å². The lowest BCUT2D eigenvalue weighted by atomic mass is 10.2. The lowest BCUT2D eigenvalue weighted by Crippen LogP contribution is -1.93. The van der Waals surface area contributed by atoms with E-state index in [1.807, 2.05) is 36.4 Å². The maximum Gasteiger partial charge on any atom is 0.146 e. The van der Waals surface area contributed by atoms with E-state index in [4.69, 9.17) is 9.15 Å². The summed E-state index contributed by atoms with van der Waals surface area (Å²) in [6.45, 7) is 4.57. The summed E-state index contributed by atoms with van der Waals surface area (Å²) in [7, 11) is 0. The SMILES string of the molecule is Cc1ccc(OCc2cc3cccc(C)c3o2)cc1. The molecule has 0 saturated carbocycles. The molecule has 0 amide bonds. The van der Waals surface area contributed by atoms with Gasteiger partial charge in [0, 0.05) is 5.39 Å². The summed E-state index contributed by atoms with van der Waals surface area (Å²) in [5.41, 5.74) is 3.33. The molecule has 2 aromatic carbocycles. The van der Waals surface area contributed by atoms with E-state index in [-0.39, 0.29) is 0 Å². The average molecular weight is 252 g/mol. The first kappa shape index (κ1) is 11.8. The molecule has 3 rings (SSSR count). The Bertz CT molecular complexity index is 693. The molecule has 3 aromatic rings. The highest BCUT2D eigenvalue weighted by Gasteiger charge is 2.06. The summed E-state index contributed by atoms with van der Waals surface area (Å²) in [6.07, 6.45) is 0. The van der Waals surface area contributed by atoms with Crippen molar-refractivity contribution in [2.45, 2.75) is 20.5 Å². The van der Waals surface area contributed by atoms with E-state index < -0.39 is 0 Å². The van der Waals surface area contributed by atoms with E-state index in [9.17, 15) is 0 Å². The van der Waals surface area contributed by atoms with Crippen molar-refractivity contribution in [3.05, 3.63) is 65.4 Å². The minimum Gasteiger partial charge on any atom is -0.486 e. The third-order valence-corrected chi connectivity index (χ3v) is 3.19. The Morgan fingerprint density at radius 3 is 2.53 bits per heavy atom. The van der Waals surface area contributed by atoms with Crippen LogP contribution in [0.3, 0.4) is 0 Å². The van der Waals surface area contributed by atoms with Gasteiger partial charge < -0.3 is 9.15 Å². The molecule has 96 valence electrons. The summed E-state index contributed by atoms with van der Waals surface area (Å²) >= 11 is 0. The highest BCUT2D eigenvalue weighted by Crippen LogP contribution is 2.23. The fraction of sp³-hybridized carbons (Fsp3) is 0.176. The van der Waals surface area contributed by atoms with Crippen molar-refractivity contribution in [2.75, 3.05) is 0 Å². The lowest BCUT2D eigenvalue weighted by molar-refractivity contribution is 0.274. The van der Waals surface area contributed by atoms with Gasteiger partial charge in [0.05, 0.1) is 0 Å². The highest BCUT2D eigenvalue weighted by molar-refractivity contribution is 5.80. The standard InChI is InChI=1S/C17H16O2/c1-12-6-8-15(9-7-12)18-11-16-10-14-5-3-4-13(2)17(14)19-16/h3-10H,11H2,1-2H3. The first-order valence-electron chi connectivity index (χ1n) is 6.40. The summed E-state index contributed by atoms with van der Waals surface area (Å²) in [5.74, 6) is 1.72. The van der Waals surface area contributed by atoms with Gasteiger partial charge in [-0.25, -0.2) is 0 Å². The molecule has 0 radical (unpaired) electrons. The monoisotopic (exact) mass is 252 g/mol. The number of aryl methyl sites for hydroxylation is 2. The molecule has 1 aromatic heterocycles. The van der Waals surface area contributed by atoms with Crippen LogP contribution in [0.1, 0.15) is 16.9 Å². The van der Waals surface area contributed by atoms with Gasteiger partial charge in [-0.15, -0.1) is 0 Å². The fourth-order valence-corrected chi connectivity index (χ4v) is 2.12. The Hall–Kier alpha value is -2.22. The van der Waals surface area contributed by atoms with Gasteiger partial charge in [-0.3, -0.25) is 0 Å². The predicted octanol–water partition coefficient (Wildman–Crippen LogP) is 4.63. The molecule has 0 fully saturated rings. The number of ether oxygens (including phenoxy) is 1. The van der Waals surface area contributed by atoms with E-state index in [0.717, 1.165) is 28.0 Å². The minimum atomic E-state index is 0.456. The van der Waals surface area contributed by atoms with Crippen LogP contribution < -0.4 is 4.74 Å². The molecule has 0 atom stereocenters. The third-order valence-electron chi connectivity index (χ3n) is 3.19. The van der Waals surface area contributed by atoms with Gasteiger partial charge >= 0.3 is 0 Å². The maximum absolute atomic E-state index is 5.82. The van der Waals surface area contributed by atoms with E-state index in [0.29, 0.717) is 6.61 Å². The Balaban J connectivity index is 1.78. The van der Waals surface area contributed by atoms with Crippen LogP contribution in [0.2, 0.25) is 0 Å². The first-order valence-corrected chi connectivity index (χ1v) is 6.40. The van der Waals surface area contributed by atoms with E-state index in [1.165, 1.54) is 5.56 Å². The van der Waals surface area contributed by atoms with Crippen LogP contribution in [0.15, 0.2) is 52.9 Å². The van der Waals surface area contributed by atoms with Crippen LogP contribution in [0.4, 0.5) is 0 Å². The molecule has 0 aliphatic carbocycles. The number of furan rings is 1. The molecule has 2 nitrogen and oxygen atoms in total. The minimum absolute atomic E-state index is 0.456. The topological polar surface area (TPSA) is 22.4 Å². The third kappa shape index (κ3) is 2.48. The molecule has 0 saturated heterocycles. The molecule has 1 heterocycles. The zero-order chi connectivity index (χ0) is 13.2. The normalized spacial score (nSPS) is 10.8. The van der Waals surface area contributed by atoms with Crippen molar-refractivity contribution in [1.29, 1.82) is 0 Å². The fourth-order valence-electron chi connectivity index (χ4n) is 2.12. The number of hydrogen-bond donors (Lipinski definition) is 0. The second-order valence-corrected chi connectivity index (χ2v) is 4.81. The highest BCUT2D eigenvalue weighted by atomic mass is 16.5. The van der Waals surface area contributed by atoms with Gasteiger partial charge in [0.15, 0.2) is 0 Å². The summed E-state index contributed by atoms with van der Waals surface area (Å²) in [6, 6.07) is 16.2. The van der Waals surface area contributed by atoms with Crippen LogP contribution in [0.25, 0.3) is 11.0 Å². The van der Waals surface area contributed by atoms with Gasteiger partial charge in [-0.1, -0.05) is 35.9 Å². The molecule has 0 bridgehead atoms. The summed E-state index contributed by atoms with van der Waals surface area (Å²) in [5, 5.41) is 1.13. The average Bonchev–Trinajstić information content (AvgIpc) is 2.83. The van der Waals surface area contributed by atoms with Crippen molar-refractivity contribution in [1.82, 2.24) is 0 Å². The van der Waals surface area contributed by atoms with Crippen LogP contribution in [-0.2, 0) is 6.61 Å². The number of fused-ring (bicyclic) bond motifs is 1. The van der Waals surface area contributed by atoms with E-state index in [2.05, 4.69) is 26.0 Å². The van der Waals surface area contributed by atoms with Gasteiger partial charge in [-0.05, 0) is 37.6 Å². The molecule has 0 aliphatic rings. The Kier molecular flexibility index (Phi) is 3.00. The van der Waals surface area contributed by atoms with Crippen LogP contribution in [-0.4, -0.2) is 0 Å². The molecule has 19 heavy (non-hydrogen) atoms. The number of para-hydroxylation sites is 1. The molecule has 0 unspecified atom stereocenters. The molecule has 2 heteroatoms. The zero-order valence-corrected chi connectivity index (χ0v) is 11.1. The number of benzene rings is 2. The maximum atomic E-state index is 5.82. The van der Waals surface area contributed by atoms with Crippen LogP contribution in [0.5, 0.6) is 5.75 Å². The van der Waals surface area contributed by atoms with Crippen LogP contribution >= 0.6 is 0 Å². The Morgan fingerprint density at radius 1 is 1.00 bits per heavy atom. The second-order valence-electron chi connectivity index (χ2n) is 4.81. The van der Waals surface area contributed by atoms with Gasteiger partial charge in [0.2, 0.25) is 0 Å². The summed E-state index contributed by atoms with van der Waals surface area (Å²) in [4.78, 5) is 0.